The van der Waals surface area contributed by atoms with Gasteiger partial charge in [-0.3, -0.25) is 0 Å². The molecule has 1 rings (SSSR count). The van der Waals surface area contributed by atoms with Gasteiger partial charge in [-0.1, -0.05) is 12.8 Å². The summed E-state index contributed by atoms with van der Waals surface area (Å²) in [7, 11) is 0. The molecule has 14 heavy (non-hydrogen) atoms. The van der Waals surface area contributed by atoms with E-state index in [4.69, 9.17) is 18.0 Å². The van der Waals surface area contributed by atoms with Crippen LogP contribution < -0.4 is 5.32 Å². The molecular formula is C9H9BrClN3. The normalized spacial score (nSPS) is 11.9. The second-order valence-electron chi connectivity index (χ2n) is 2.61. The van der Waals surface area contributed by atoms with Gasteiger partial charge in [0, 0.05) is 6.20 Å². The van der Waals surface area contributed by atoms with Crippen molar-refractivity contribution >= 4 is 33.3 Å². The van der Waals surface area contributed by atoms with Crippen LogP contribution in [0.3, 0.4) is 0 Å². The smallest absolute Gasteiger partial charge is 0.224 e. The molecule has 0 amide bonds. The Kier molecular flexibility index (Phi) is 4.18. The molecular weight excluding hydrogens is 265 g/mol. The van der Waals surface area contributed by atoms with E-state index < -0.39 is 0 Å². The Balaban J connectivity index is 2.86. The summed E-state index contributed by atoms with van der Waals surface area (Å²) in [5, 5.41) is 3.27. The van der Waals surface area contributed by atoms with Gasteiger partial charge >= 0.3 is 0 Å². The minimum Gasteiger partial charge on any atom is -0.355 e. The highest BCUT2D eigenvalue weighted by Crippen LogP contribution is 2.21. The van der Waals surface area contributed by atoms with Gasteiger partial charge in [-0.15, -0.1) is 6.42 Å². The van der Waals surface area contributed by atoms with Crippen LogP contribution in [0.25, 0.3) is 0 Å². The second-order valence-corrected chi connectivity index (χ2v) is 3.80. The largest absolute Gasteiger partial charge is 0.355 e. The Hall–Kier alpha value is -0.790. The molecule has 5 heteroatoms. The van der Waals surface area contributed by atoms with Crippen LogP contribution in [0.2, 0.25) is 5.28 Å². The summed E-state index contributed by atoms with van der Waals surface area (Å²) in [6, 6.07) is -0.0442. The van der Waals surface area contributed by atoms with E-state index in [1.807, 2.05) is 6.92 Å². The SMILES string of the molecule is C#CC(CC)Nc1nc(Cl)ncc1Br. The number of rotatable bonds is 3. The molecule has 1 heterocycles. The number of terminal acetylenes is 1. The van der Waals surface area contributed by atoms with E-state index in [0.29, 0.717) is 5.82 Å². The fraction of sp³-hybridized carbons (Fsp3) is 0.333. The highest BCUT2D eigenvalue weighted by Gasteiger charge is 2.07. The van der Waals surface area contributed by atoms with Crippen LogP contribution in [-0.4, -0.2) is 16.0 Å². The highest BCUT2D eigenvalue weighted by molar-refractivity contribution is 9.10. The fourth-order valence-electron chi connectivity index (χ4n) is 0.873. The zero-order valence-corrected chi connectivity index (χ0v) is 9.93. The molecule has 0 radical (unpaired) electrons. The molecule has 0 saturated heterocycles. The minimum atomic E-state index is -0.0442. The summed E-state index contributed by atoms with van der Waals surface area (Å²) in [4.78, 5) is 7.82. The van der Waals surface area contributed by atoms with Crippen LogP contribution in [0.1, 0.15) is 13.3 Å². The zero-order valence-electron chi connectivity index (χ0n) is 7.59. The van der Waals surface area contributed by atoms with Crippen LogP contribution in [0.15, 0.2) is 10.7 Å². The lowest BCUT2D eigenvalue weighted by Gasteiger charge is -2.12. The number of aromatic nitrogens is 2. The molecule has 0 aliphatic carbocycles. The van der Waals surface area contributed by atoms with Gasteiger partial charge in [0.2, 0.25) is 5.28 Å². The molecule has 0 saturated carbocycles. The molecule has 0 aliphatic rings. The van der Waals surface area contributed by atoms with Crippen molar-refractivity contribution in [3.63, 3.8) is 0 Å². The number of nitrogens with one attached hydrogen (secondary N) is 1. The first-order chi connectivity index (χ1) is 6.67. The molecule has 1 aromatic rings. The molecule has 0 spiro atoms. The van der Waals surface area contributed by atoms with Gasteiger partial charge in [0.05, 0.1) is 10.5 Å². The Labute approximate surface area is 96.4 Å². The topological polar surface area (TPSA) is 37.8 Å². The van der Waals surface area contributed by atoms with Crippen molar-refractivity contribution in [2.45, 2.75) is 19.4 Å². The van der Waals surface area contributed by atoms with E-state index in [9.17, 15) is 0 Å². The van der Waals surface area contributed by atoms with E-state index >= 15 is 0 Å². The molecule has 0 aliphatic heterocycles. The van der Waals surface area contributed by atoms with Gasteiger partial charge < -0.3 is 5.32 Å². The van der Waals surface area contributed by atoms with E-state index in [1.54, 1.807) is 6.20 Å². The molecule has 1 unspecified atom stereocenters. The maximum absolute atomic E-state index is 5.65. The first kappa shape index (κ1) is 11.3. The van der Waals surface area contributed by atoms with Crippen molar-refractivity contribution in [2.24, 2.45) is 0 Å². The molecule has 1 aromatic heterocycles. The standard InChI is InChI=1S/C9H9BrClN3/c1-3-6(4-2)13-8-7(10)5-12-9(11)14-8/h1,5-6H,4H2,2H3,(H,12,13,14). The molecule has 0 aromatic carbocycles. The number of anilines is 1. The van der Waals surface area contributed by atoms with Crippen molar-refractivity contribution in [1.29, 1.82) is 0 Å². The van der Waals surface area contributed by atoms with Crippen LogP contribution >= 0.6 is 27.5 Å². The van der Waals surface area contributed by atoms with Gasteiger partial charge in [-0.25, -0.2) is 4.98 Å². The first-order valence-corrected chi connectivity index (χ1v) is 5.25. The van der Waals surface area contributed by atoms with E-state index in [-0.39, 0.29) is 11.3 Å². The van der Waals surface area contributed by atoms with Crippen molar-refractivity contribution in [2.75, 3.05) is 5.32 Å². The first-order valence-electron chi connectivity index (χ1n) is 4.08. The summed E-state index contributed by atoms with van der Waals surface area (Å²) in [5.74, 6) is 3.23. The summed E-state index contributed by atoms with van der Waals surface area (Å²) in [5.41, 5.74) is 0. The summed E-state index contributed by atoms with van der Waals surface area (Å²) in [6.07, 6.45) is 7.72. The van der Waals surface area contributed by atoms with Crippen LogP contribution in [0, 0.1) is 12.3 Å². The fourth-order valence-corrected chi connectivity index (χ4v) is 1.31. The predicted octanol–water partition coefficient (Wildman–Crippen LogP) is 2.72. The predicted molar refractivity (Wildman–Crippen MR) is 61.3 cm³/mol. The number of hydrogen-bond acceptors (Lipinski definition) is 3. The average Bonchev–Trinajstić information content (AvgIpc) is 2.19. The molecule has 1 atom stereocenters. The second kappa shape index (κ2) is 5.18. The van der Waals surface area contributed by atoms with Crippen LogP contribution in [0.4, 0.5) is 5.82 Å². The van der Waals surface area contributed by atoms with Crippen molar-refractivity contribution in [1.82, 2.24) is 9.97 Å². The molecule has 74 valence electrons. The third-order valence-electron chi connectivity index (χ3n) is 1.64. The lowest BCUT2D eigenvalue weighted by Crippen LogP contribution is -2.17. The number of nitrogens with zero attached hydrogens (tertiary/aromatic N) is 2. The third kappa shape index (κ3) is 2.86. The van der Waals surface area contributed by atoms with Crippen LogP contribution in [0.5, 0.6) is 0 Å². The lowest BCUT2D eigenvalue weighted by molar-refractivity contribution is 0.847. The van der Waals surface area contributed by atoms with Crippen molar-refractivity contribution in [3.8, 4) is 12.3 Å². The Morgan fingerprint density at radius 1 is 1.79 bits per heavy atom. The lowest BCUT2D eigenvalue weighted by atomic mass is 10.2. The summed E-state index contributed by atoms with van der Waals surface area (Å²) >= 11 is 8.95. The molecule has 3 nitrogen and oxygen atoms in total. The van der Waals surface area contributed by atoms with Crippen molar-refractivity contribution in [3.05, 3.63) is 16.0 Å². The molecule has 0 fully saturated rings. The Bertz CT molecular complexity index is 362. The zero-order chi connectivity index (χ0) is 10.6. The third-order valence-corrected chi connectivity index (χ3v) is 2.40. The van der Waals surface area contributed by atoms with E-state index in [2.05, 4.69) is 37.1 Å². The molecule has 0 bridgehead atoms. The highest BCUT2D eigenvalue weighted by atomic mass is 79.9. The van der Waals surface area contributed by atoms with Crippen LogP contribution in [-0.2, 0) is 0 Å². The van der Waals surface area contributed by atoms with Gasteiger partial charge in [0.15, 0.2) is 0 Å². The van der Waals surface area contributed by atoms with Gasteiger partial charge in [-0.05, 0) is 34.0 Å². The van der Waals surface area contributed by atoms with Gasteiger partial charge in [-0.2, -0.15) is 4.98 Å². The maximum atomic E-state index is 5.65. The number of hydrogen-bond donors (Lipinski definition) is 1. The monoisotopic (exact) mass is 273 g/mol. The average molecular weight is 275 g/mol. The Morgan fingerprint density at radius 2 is 2.50 bits per heavy atom. The number of halogens is 2. The van der Waals surface area contributed by atoms with E-state index in [1.165, 1.54) is 0 Å². The quantitative estimate of drug-likeness (QED) is 0.680. The van der Waals surface area contributed by atoms with Gasteiger partial charge in [0.25, 0.3) is 0 Å². The van der Waals surface area contributed by atoms with Gasteiger partial charge in [0.1, 0.15) is 5.82 Å². The Morgan fingerprint density at radius 3 is 3.07 bits per heavy atom. The summed E-state index contributed by atoms with van der Waals surface area (Å²) in [6.45, 7) is 1.99. The van der Waals surface area contributed by atoms with E-state index in [0.717, 1.165) is 10.9 Å². The maximum Gasteiger partial charge on any atom is 0.224 e. The minimum absolute atomic E-state index is 0.0442. The van der Waals surface area contributed by atoms with Crippen molar-refractivity contribution < 1.29 is 0 Å². The molecule has 1 N–H and O–H groups in total. The summed E-state index contributed by atoms with van der Waals surface area (Å²) < 4.78 is 0.746.